The van der Waals surface area contributed by atoms with Crippen LogP contribution in [0.2, 0.25) is 0 Å². The maximum atomic E-state index is 13.7. The molecule has 3 aromatic rings. The van der Waals surface area contributed by atoms with Crippen LogP contribution in [0.3, 0.4) is 0 Å². The molecule has 0 saturated heterocycles. The molecule has 2 aromatic carbocycles. The predicted octanol–water partition coefficient (Wildman–Crippen LogP) is 4.91. The highest BCUT2D eigenvalue weighted by Crippen LogP contribution is 2.42. The number of para-hydroxylation sites is 1. The topological polar surface area (TPSA) is 64.6 Å². The lowest BCUT2D eigenvalue weighted by Crippen LogP contribution is -2.30. The van der Waals surface area contributed by atoms with Gasteiger partial charge in [-0.25, -0.2) is 18.0 Å². The zero-order chi connectivity index (χ0) is 21.4. The van der Waals surface area contributed by atoms with Gasteiger partial charge >= 0.3 is 5.97 Å². The number of esters is 1. The molecular weight excluding hydrogens is 419 g/mol. The molecular formula is C21H14F3NO4S. The van der Waals surface area contributed by atoms with Crippen LogP contribution in [0.25, 0.3) is 10.4 Å². The Kier molecular flexibility index (Phi) is 5.21. The molecule has 0 unspecified atom stereocenters. The molecule has 0 fully saturated rings. The Morgan fingerprint density at radius 3 is 2.70 bits per heavy atom. The number of anilines is 1. The molecule has 0 spiro atoms. The third-order valence-electron chi connectivity index (χ3n) is 4.47. The molecule has 0 bridgehead atoms. The number of nitrogens with one attached hydrogen (secondary N) is 1. The number of carbonyl (C=O) groups is 2. The van der Waals surface area contributed by atoms with E-state index in [1.165, 1.54) is 18.3 Å². The van der Waals surface area contributed by atoms with Gasteiger partial charge in [0.15, 0.2) is 23.6 Å². The minimum Gasteiger partial charge on any atom is -0.488 e. The van der Waals surface area contributed by atoms with Crippen LogP contribution in [0.15, 0.2) is 42.5 Å². The first kappa shape index (κ1) is 20.0. The number of carbonyl (C=O) groups excluding carboxylic acids is 2. The average Bonchev–Trinajstić information content (AvgIpc) is 3.19. The quantitative estimate of drug-likeness (QED) is 0.469. The molecule has 1 aromatic heterocycles. The first-order chi connectivity index (χ1) is 14.3. The zero-order valence-corrected chi connectivity index (χ0v) is 16.3. The van der Waals surface area contributed by atoms with Crippen LogP contribution in [-0.2, 0) is 16.1 Å². The van der Waals surface area contributed by atoms with Gasteiger partial charge in [-0.2, -0.15) is 0 Å². The molecule has 1 aliphatic rings. The van der Waals surface area contributed by atoms with Gasteiger partial charge in [-0.1, -0.05) is 12.1 Å². The van der Waals surface area contributed by atoms with Crippen LogP contribution in [0.1, 0.15) is 22.2 Å². The summed E-state index contributed by atoms with van der Waals surface area (Å²) >= 11 is 1.21. The summed E-state index contributed by atoms with van der Waals surface area (Å²) in [6.45, 7) is 1.60. The molecule has 0 aliphatic carbocycles. The SMILES string of the molecule is C[C@@H](OC(=O)c1cc2c(s1)-c1ccccc1OC2)C(=O)Nc1ccc(F)c(F)c1F. The summed E-state index contributed by atoms with van der Waals surface area (Å²) in [5.41, 5.74) is 1.14. The summed E-state index contributed by atoms with van der Waals surface area (Å²) < 4.78 is 50.8. The number of halogens is 3. The average molecular weight is 433 g/mol. The number of hydrogen-bond acceptors (Lipinski definition) is 5. The van der Waals surface area contributed by atoms with E-state index in [2.05, 4.69) is 5.32 Å². The fraction of sp³-hybridized carbons (Fsp3) is 0.143. The Morgan fingerprint density at radius 2 is 1.90 bits per heavy atom. The van der Waals surface area contributed by atoms with E-state index in [-0.39, 0.29) is 4.88 Å². The van der Waals surface area contributed by atoms with Crippen LogP contribution < -0.4 is 10.1 Å². The smallest absolute Gasteiger partial charge is 0.349 e. The minimum absolute atomic E-state index is 0.277. The van der Waals surface area contributed by atoms with Crippen molar-refractivity contribution in [1.82, 2.24) is 0 Å². The van der Waals surface area contributed by atoms with Crippen LogP contribution >= 0.6 is 11.3 Å². The number of ether oxygens (including phenoxy) is 2. The number of fused-ring (bicyclic) bond motifs is 3. The highest BCUT2D eigenvalue weighted by molar-refractivity contribution is 7.17. The Morgan fingerprint density at radius 1 is 1.13 bits per heavy atom. The third kappa shape index (κ3) is 3.63. The van der Waals surface area contributed by atoms with Gasteiger partial charge in [0.05, 0.1) is 5.69 Å². The number of rotatable bonds is 4. The van der Waals surface area contributed by atoms with Gasteiger partial charge in [0.2, 0.25) is 0 Å². The summed E-state index contributed by atoms with van der Waals surface area (Å²) in [7, 11) is 0. The lowest BCUT2D eigenvalue weighted by atomic mass is 10.1. The molecule has 0 saturated carbocycles. The van der Waals surface area contributed by atoms with Gasteiger partial charge in [-0.05, 0) is 37.3 Å². The van der Waals surface area contributed by atoms with Gasteiger partial charge in [0, 0.05) is 16.0 Å². The maximum absolute atomic E-state index is 13.7. The van der Waals surface area contributed by atoms with E-state index in [0.717, 1.165) is 22.1 Å². The second kappa shape index (κ2) is 7.83. The van der Waals surface area contributed by atoms with E-state index in [1.54, 1.807) is 6.07 Å². The van der Waals surface area contributed by atoms with Gasteiger partial charge in [0.1, 0.15) is 17.2 Å². The van der Waals surface area contributed by atoms with Crippen LogP contribution in [-0.4, -0.2) is 18.0 Å². The van der Waals surface area contributed by atoms with E-state index in [1.807, 2.05) is 24.3 Å². The van der Waals surface area contributed by atoms with Gasteiger partial charge in [-0.15, -0.1) is 11.3 Å². The normalized spacial score (nSPS) is 12.9. The predicted molar refractivity (Wildman–Crippen MR) is 104 cm³/mol. The Hall–Kier alpha value is -3.33. The lowest BCUT2D eigenvalue weighted by molar-refractivity contribution is -0.123. The van der Waals surface area contributed by atoms with Crippen molar-refractivity contribution in [2.45, 2.75) is 19.6 Å². The molecule has 4 rings (SSSR count). The van der Waals surface area contributed by atoms with Crippen molar-refractivity contribution < 1.29 is 32.2 Å². The van der Waals surface area contributed by atoms with Crippen molar-refractivity contribution >= 4 is 28.9 Å². The monoisotopic (exact) mass is 433 g/mol. The van der Waals surface area contributed by atoms with Crippen molar-refractivity contribution in [3.63, 3.8) is 0 Å². The van der Waals surface area contributed by atoms with Crippen LogP contribution in [0.4, 0.5) is 18.9 Å². The van der Waals surface area contributed by atoms with Crippen molar-refractivity contribution in [1.29, 1.82) is 0 Å². The number of benzene rings is 2. The van der Waals surface area contributed by atoms with Gasteiger partial charge < -0.3 is 14.8 Å². The summed E-state index contributed by atoms with van der Waals surface area (Å²) in [6, 6.07) is 10.6. The zero-order valence-electron chi connectivity index (χ0n) is 15.5. The molecule has 1 N–H and O–H groups in total. The molecule has 2 heterocycles. The summed E-state index contributed by atoms with van der Waals surface area (Å²) in [6.07, 6.45) is -1.30. The van der Waals surface area contributed by atoms with E-state index in [0.29, 0.717) is 18.4 Å². The van der Waals surface area contributed by atoms with E-state index < -0.39 is 41.1 Å². The first-order valence-corrected chi connectivity index (χ1v) is 9.67. The highest BCUT2D eigenvalue weighted by atomic mass is 32.1. The minimum atomic E-state index is -1.70. The number of amides is 1. The molecule has 1 amide bonds. The fourth-order valence-corrected chi connectivity index (χ4v) is 4.01. The molecule has 1 atom stereocenters. The Labute approximate surface area is 173 Å². The third-order valence-corrected chi connectivity index (χ3v) is 5.66. The van der Waals surface area contributed by atoms with Crippen molar-refractivity contribution in [3.05, 3.63) is 70.4 Å². The standard InChI is InChI=1S/C21H14F3NO4S/c1-10(20(26)25-14-7-6-13(22)17(23)18(14)24)29-21(27)16-8-11-9-28-15-5-3-2-4-12(15)19(11)30-16/h2-8,10H,9H2,1H3,(H,25,26)/t10-/m1/s1. The summed E-state index contributed by atoms with van der Waals surface area (Å²) in [5, 5.41) is 2.08. The molecule has 9 heteroatoms. The van der Waals surface area contributed by atoms with E-state index >= 15 is 0 Å². The number of thiophene rings is 1. The second-order valence-corrected chi connectivity index (χ2v) is 7.56. The first-order valence-electron chi connectivity index (χ1n) is 8.85. The van der Waals surface area contributed by atoms with Gasteiger partial charge in [-0.3, -0.25) is 4.79 Å². The van der Waals surface area contributed by atoms with E-state index in [4.69, 9.17) is 9.47 Å². The highest BCUT2D eigenvalue weighted by Gasteiger charge is 2.26. The van der Waals surface area contributed by atoms with Crippen molar-refractivity contribution in [3.8, 4) is 16.2 Å². The van der Waals surface area contributed by atoms with Gasteiger partial charge in [0.25, 0.3) is 5.91 Å². The lowest BCUT2D eigenvalue weighted by Gasteiger charge is -2.16. The second-order valence-electron chi connectivity index (χ2n) is 6.51. The summed E-state index contributed by atoms with van der Waals surface area (Å²) in [5.74, 6) is -5.52. The molecule has 1 aliphatic heterocycles. The Balaban J connectivity index is 1.46. The number of hydrogen-bond donors (Lipinski definition) is 1. The molecule has 5 nitrogen and oxygen atoms in total. The molecule has 30 heavy (non-hydrogen) atoms. The fourth-order valence-electron chi connectivity index (χ4n) is 2.93. The maximum Gasteiger partial charge on any atom is 0.349 e. The Bertz CT molecular complexity index is 1160. The van der Waals surface area contributed by atoms with Crippen LogP contribution in [0, 0.1) is 17.5 Å². The summed E-state index contributed by atoms with van der Waals surface area (Å²) in [4.78, 5) is 25.8. The largest absolute Gasteiger partial charge is 0.488 e. The van der Waals surface area contributed by atoms with Crippen molar-refractivity contribution in [2.24, 2.45) is 0 Å². The van der Waals surface area contributed by atoms with Crippen LogP contribution in [0.5, 0.6) is 5.75 Å². The molecule has 154 valence electrons. The molecule has 0 radical (unpaired) electrons. The van der Waals surface area contributed by atoms with Crippen molar-refractivity contribution in [2.75, 3.05) is 5.32 Å². The van der Waals surface area contributed by atoms with E-state index in [9.17, 15) is 22.8 Å².